The molecule has 0 aromatic heterocycles. The Morgan fingerprint density at radius 1 is 1.47 bits per heavy atom. The number of nitriles is 1. The first-order chi connectivity index (χ1) is 9.17. The molecule has 0 spiro atoms. The van der Waals surface area contributed by atoms with Gasteiger partial charge in [-0.2, -0.15) is 5.26 Å². The van der Waals surface area contributed by atoms with Gasteiger partial charge in [0.05, 0.1) is 19.1 Å². The first-order valence-corrected chi connectivity index (χ1v) is 5.99. The minimum absolute atomic E-state index is 0.0294. The fraction of sp³-hybridized carbons (Fsp3) is 0.429. The predicted octanol–water partition coefficient (Wildman–Crippen LogP) is 1.58. The van der Waals surface area contributed by atoms with E-state index in [0.29, 0.717) is 25.3 Å². The highest BCUT2D eigenvalue weighted by Gasteiger charge is 2.09. The quantitative estimate of drug-likeness (QED) is 0.748. The Bertz CT molecular complexity index is 454. The summed E-state index contributed by atoms with van der Waals surface area (Å²) in [5, 5.41) is 8.45. The Morgan fingerprint density at radius 3 is 2.95 bits per heavy atom. The van der Waals surface area contributed by atoms with E-state index in [1.54, 1.807) is 20.2 Å². The van der Waals surface area contributed by atoms with Crippen molar-refractivity contribution in [3.8, 4) is 11.8 Å². The molecule has 1 aromatic carbocycles. The molecule has 0 bridgehead atoms. The number of rotatable bonds is 7. The van der Waals surface area contributed by atoms with Gasteiger partial charge < -0.3 is 14.4 Å². The zero-order chi connectivity index (χ0) is 14.1. The van der Waals surface area contributed by atoms with E-state index >= 15 is 0 Å². The van der Waals surface area contributed by atoms with Crippen molar-refractivity contribution in [1.82, 2.24) is 4.90 Å². The van der Waals surface area contributed by atoms with Crippen LogP contribution in [-0.2, 0) is 16.1 Å². The number of nitrogens with zero attached hydrogens (tertiary/aromatic N) is 2. The maximum absolute atomic E-state index is 11.7. The van der Waals surface area contributed by atoms with Crippen molar-refractivity contribution in [2.24, 2.45) is 0 Å². The molecular weight excluding hydrogens is 244 g/mol. The zero-order valence-corrected chi connectivity index (χ0v) is 11.3. The van der Waals surface area contributed by atoms with Crippen molar-refractivity contribution in [2.75, 3.05) is 27.3 Å². The second-order valence-electron chi connectivity index (χ2n) is 4.09. The van der Waals surface area contributed by atoms with Crippen molar-refractivity contribution in [1.29, 1.82) is 5.26 Å². The number of hydrogen-bond donors (Lipinski definition) is 0. The summed E-state index contributed by atoms with van der Waals surface area (Å²) in [6.07, 6.45) is 0.325. The molecule has 0 unspecified atom stereocenters. The number of amides is 1. The van der Waals surface area contributed by atoms with Crippen LogP contribution >= 0.6 is 0 Å². The van der Waals surface area contributed by atoms with Crippen LogP contribution in [0.15, 0.2) is 24.3 Å². The van der Waals surface area contributed by atoms with Crippen LogP contribution in [0.1, 0.15) is 12.0 Å². The lowest BCUT2D eigenvalue weighted by Crippen LogP contribution is -2.32. The number of hydrogen-bond acceptors (Lipinski definition) is 4. The molecule has 5 nitrogen and oxygen atoms in total. The van der Waals surface area contributed by atoms with E-state index in [1.165, 1.54) is 4.90 Å². The molecular formula is C14H18N2O3. The van der Waals surface area contributed by atoms with Crippen LogP contribution in [0.25, 0.3) is 0 Å². The number of carbonyl (C=O) groups excluding carboxylic acids is 1. The summed E-state index contributed by atoms with van der Waals surface area (Å²) in [6, 6.07) is 9.42. The second-order valence-corrected chi connectivity index (χ2v) is 4.09. The lowest BCUT2D eigenvalue weighted by Gasteiger charge is -2.16. The highest BCUT2D eigenvalue weighted by atomic mass is 16.5. The standard InChI is InChI=1S/C14H18N2O3/c1-16(8-4-7-15)14(17)11-19-13-6-3-5-12(9-13)10-18-2/h3,5-6,9H,4,8,10-11H2,1-2H3. The van der Waals surface area contributed by atoms with Crippen LogP contribution in [0.2, 0.25) is 0 Å². The third-order valence-electron chi connectivity index (χ3n) is 2.56. The monoisotopic (exact) mass is 262 g/mol. The van der Waals surface area contributed by atoms with Gasteiger partial charge in [-0.15, -0.1) is 0 Å². The fourth-order valence-corrected chi connectivity index (χ4v) is 1.49. The number of carbonyl (C=O) groups is 1. The number of likely N-dealkylation sites (N-methyl/N-ethyl adjacent to an activating group) is 1. The molecule has 1 rings (SSSR count). The van der Waals surface area contributed by atoms with E-state index in [1.807, 2.05) is 24.3 Å². The predicted molar refractivity (Wildman–Crippen MR) is 70.5 cm³/mol. The average Bonchev–Trinajstić information content (AvgIpc) is 2.43. The van der Waals surface area contributed by atoms with E-state index in [2.05, 4.69) is 0 Å². The smallest absolute Gasteiger partial charge is 0.260 e. The van der Waals surface area contributed by atoms with Gasteiger partial charge in [-0.1, -0.05) is 12.1 Å². The van der Waals surface area contributed by atoms with Gasteiger partial charge in [-0.25, -0.2) is 0 Å². The van der Waals surface area contributed by atoms with Crippen LogP contribution < -0.4 is 4.74 Å². The summed E-state index contributed by atoms with van der Waals surface area (Å²) >= 11 is 0. The Kier molecular flexibility index (Phi) is 6.41. The Hall–Kier alpha value is -2.06. The lowest BCUT2D eigenvalue weighted by atomic mass is 10.2. The topological polar surface area (TPSA) is 62.6 Å². The summed E-state index contributed by atoms with van der Waals surface area (Å²) in [5.41, 5.74) is 0.991. The molecule has 0 aliphatic carbocycles. The van der Waals surface area contributed by atoms with E-state index in [0.717, 1.165) is 5.56 Å². The molecule has 0 saturated heterocycles. The normalized spacial score (nSPS) is 9.74. The molecule has 1 amide bonds. The second kappa shape index (κ2) is 8.11. The highest BCUT2D eigenvalue weighted by Crippen LogP contribution is 2.13. The fourth-order valence-electron chi connectivity index (χ4n) is 1.49. The van der Waals surface area contributed by atoms with Gasteiger partial charge in [0, 0.05) is 20.7 Å². The van der Waals surface area contributed by atoms with Gasteiger partial charge in [0.2, 0.25) is 0 Å². The van der Waals surface area contributed by atoms with Gasteiger partial charge in [0.15, 0.2) is 6.61 Å². The van der Waals surface area contributed by atoms with E-state index in [4.69, 9.17) is 14.7 Å². The maximum atomic E-state index is 11.7. The summed E-state index contributed by atoms with van der Waals surface area (Å²) in [5.74, 6) is 0.490. The van der Waals surface area contributed by atoms with Crippen LogP contribution in [0.5, 0.6) is 5.75 Å². The van der Waals surface area contributed by atoms with Crippen molar-refractivity contribution >= 4 is 5.91 Å². The van der Waals surface area contributed by atoms with Crippen molar-refractivity contribution in [3.63, 3.8) is 0 Å². The van der Waals surface area contributed by atoms with Crippen LogP contribution in [0, 0.1) is 11.3 Å². The minimum Gasteiger partial charge on any atom is -0.484 e. The molecule has 102 valence electrons. The first kappa shape index (κ1) is 15.0. The van der Waals surface area contributed by atoms with E-state index in [9.17, 15) is 4.79 Å². The average molecular weight is 262 g/mol. The largest absolute Gasteiger partial charge is 0.484 e. The molecule has 1 aromatic rings. The first-order valence-electron chi connectivity index (χ1n) is 5.99. The molecule has 0 aliphatic rings. The van der Waals surface area contributed by atoms with Gasteiger partial charge in [0.25, 0.3) is 5.91 Å². The number of benzene rings is 1. The molecule has 0 saturated carbocycles. The summed E-state index contributed by atoms with van der Waals surface area (Å²) in [6.45, 7) is 0.897. The molecule has 0 aliphatic heterocycles. The Morgan fingerprint density at radius 2 is 2.26 bits per heavy atom. The summed E-state index contributed by atoms with van der Waals surface area (Å²) in [4.78, 5) is 13.2. The minimum atomic E-state index is -0.146. The zero-order valence-electron chi connectivity index (χ0n) is 11.3. The molecule has 0 heterocycles. The maximum Gasteiger partial charge on any atom is 0.260 e. The van der Waals surface area contributed by atoms with Crippen molar-refractivity contribution < 1.29 is 14.3 Å². The molecule has 0 N–H and O–H groups in total. The van der Waals surface area contributed by atoms with Gasteiger partial charge in [-0.05, 0) is 17.7 Å². The van der Waals surface area contributed by atoms with Crippen LogP contribution in [0.4, 0.5) is 0 Å². The lowest BCUT2D eigenvalue weighted by molar-refractivity contribution is -0.131. The summed E-state index contributed by atoms with van der Waals surface area (Å²) in [7, 11) is 3.28. The van der Waals surface area contributed by atoms with Gasteiger partial charge in [0.1, 0.15) is 5.75 Å². The van der Waals surface area contributed by atoms with Crippen molar-refractivity contribution in [3.05, 3.63) is 29.8 Å². The highest BCUT2D eigenvalue weighted by molar-refractivity contribution is 5.77. The Balaban J connectivity index is 2.45. The number of methoxy groups -OCH3 is 1. The van der Waals surface area contributed by atoms with Crippen molar-refractivity contribution in [2.45, 2.75) is 13.0 Å². The van der Waals surface area contributed by atoms with Crippen LogP contribution in [0.3, 0.4) is 0 Å². The van der Waals surface area contributed by atoms with Gasteiger partial charge >= 0.3 is 0 Å². The van der Waals surface area contributed by atoms with Gasteiger partial charge in [-0.3, -0.25) is 4.79 Å². The third kappa shape index (κ3) is 5.40. The SMILES string of the molecule is COCc1cccc(OCC(=O)N(C)CCC#N)c1. The van der Waals surface area contributed by atoms with Crippen LogP contribution in [-0.4, -0.2) is 38.1 Å². The number of ether oxygens (including phenoxy) is 2. The van der Waals surface area contributed by atoms with E-state index < -0.39 is 0 Å². The molecule has 5 heteroatoms. The molecule has 0 atom stereocenters. The van der Waals surface area contributed by atoms with E-state index in [-0.39, 0.29) is 12.5 Å². The third-order valence-corrected chi connectivity index (χ3v) is 2.56. The summed E-state index contributed by atoms with van der Waals surface area (Å²) < 4.78 is 10.5. The molecule has 19 heavy (non-hydrogen) atoms. The molecule has 0 radical (unpaired) electrons. The Labute approximate surface area is 113 Å². The molecule has 0 fully saturated rings.